The summed E-state index contributed by atoms with van der Waals surface area (Å²) in [5.41, 5.74) is 0.492. The molecule has 1 amide bonds. The minimum Gasteiger partial charge on any atom is -0.549 e. The number of alkyl halides is 1. The summed E-state index contributed by atoms with van der Waals surface area (Å²) in [6, 6.07) is 16.0. The van der Waals surface area contributed by atoms with Crippen LogP contribution in [-0.4, -0.2) is 27.8 Å². The molecule has 3 aromatic carbocycles. The van der Waals surface area contributed by atoms with Gasteiger partial charge in [0, 0.05) is 17.8 Å². The Balaban J connectivity index is 0.000000500. The Bertz CT molecular complexity index is 1020. The van der Waals surface area contributed by atoms with Crippen LogP contribution in [0.3, 0.4) is 0 Å². The zero-order valence-electron chi connectivity index (χ0n) is 14.3. The second-order valence-electron chi connectivity index (χ2n) is 5.48. The molecule has 0 saturated heterocycles. The number of amides is 1. The number of hydrogen-bond donors (Lipinski definition) is 2. The SMILES string of the molecule is O=C(Nc1ccc([N+](=O)[O-])cc1)c1cc2ccccc2cc1O.O=C([O-])CCl. The molecule has 0 aliphatic heterocycles. The van der Waals surface area contributed by atoms with Crippen molar-refractivity contribution in [2.75, 3.05) is 11.2 Å². The highest BCUT2D eigenvalue weighted by Gasteiger charge is 2.13. The number of carboxylic acids is 1. The average molecular weight is 402 g/mol. The highest BCUT2D eigenvalue weighted by atomic mass is 35.5. The minimum absolute atomic E-state index is 0.0587. The molecular formula is C19H14ClN2O6-. The number of benzene rings is 3. The highest BCUT2D eigenvalue weighted by molar-refractivity contribution is 6.25. The topological polar surface area (TPSA) is 133 Å². The number of carbonyl (C=O) groups is 2. The van der Waals surface area contributed by atoms with Crippen molar-refractivity contribution >= 4 is 45.6 Å². The molecule has 0 saturated carbocycles. The third-order valence-electron chi connectivity index (χ3n) is 3.55. The lowest BCUT2D eigenvalue weighted by atomic mass is 10.1. The molecule has 2 N–H and O–H groups in total. The number of non-ortho nitro benzene ring substituents is 1. The number of nitro groups is 1. The van der Waals surface area contributed by atoms with Crippen LogP contribution in [0, 0.1) is 10.1 Å². The van der Waals surface area contributed by atoms with Crippen LogP contribution in [0.25, 0.3) is 10.8 Å². The van der Waals surface area contributed by atoms with E-state index in [1.165, 1.54) is 30.3 Å². The summed E-state index contributed by atoms with van der Waals surface area (Å²) in [7, 11) is 0. The molecule has 0 heterocycles. The smallest absolute Gasteiger partial charge is 0.269 e. The molecule has 0 spiro atoms. The number of aliphatic carboxylic acids is 1. The molecule has 144 valence electrons. The van der Waals surface area contributed by atoms with Crippen molar-refractivity contribution in [2.24, 2.45) is 0 Å². The molecule has 0 atom stereocenters. The predicted octanol–water partition coefficient (Wildman–Crippen LogP) is 2.68. The van der Waals surface area contributed by atoms with E-state index in [4.69, 9.17) is 9.90 Å². The van der Waals surface area contributed by atoms with Gasteiger partial charge in [0.05, 0.1) is 22.3 Å². The highest BCUT2D eigenvalue weighted by Crippen LogP contribution is 2.26. The second kappa shape index (κ2) is 9.33. The summed E-state index contributed by atoms with van der Waals surface area (Å²) in [5.74, 6) is -2.25. The molecule has 0 aliphatic carbocycles. The lowest BCUT2D eigenvalue weighted by Crippen LogP contribution is -2.23. The number of halogens is 1. The van der Waals surface area contributed by atoms with Crippen molar-refractivity contribution in [1.29, 1.82) is 0 Å². The van der Waals surface area contributed by atoms with E-state index >= 15 is 0 Å². The Morgan fingerprint density at radius 2 is 1.57 bits per heavy atom. The molecule has 0 fully saturated rings. The van der Waals surface area contributed by atoms with E-state index in [0.29, 0.717) is 5.69 Å². The first kappa shape index (κ1) is 20.7. The monoisotopic (exact) mass is 401 g/mol. The van der Waals surface area contributed by atoms with Crippen LogP contribution in [0.5, 0.6) is 5.75 Å². The fourth-order valence-corrected chi connectivity index (χ4v) is 2.28. The quantitative estimate of drug-likeness (QED) is 0.392. The summed E-state index contributed by atoms with van der Waals surface area (Å²) >= 11 is 4.67. The first-order valence-electron chi connectivity index (χ1n) is 7.85. The summed E-state index contributed by atoms with van der Waals surface area (Å²) in [6.45, 7) is 0. The number of hydrogen-bond acceptors (Lipinski definition) is 6. The molecule has 0 aromatic heterocycles. The van der Waals surface area contributed by atoms with Crippen molar-refractivity contribution in [2.45, 2.75) is 0 Å². The number of carboxylic acid groups (broad SMARTS) is 1. The molecule has 9 heteroatoms. The zero-order chi connectivity index (χ0) is 20.7. The van der Waals surface area contributed by atoms with Gasteiger partial charge in [-0.3, -0.25) is 14.9 Å². The minimum atomic E-state index is -1.23. The molecule has 0 radical (unpaired) electrons. The fourth-order valence-electron chi connectivity index (χ4n) is 2.28. The maximum absolute atomic E-state index is 12.3. The van der Waals surface area contributed by atoms with E-state index in [1.54, 1.807) is 6.07 Å². The van der Waals surface area contributed by atoms with Gasteiger partial charge in [0.2, 0.25) is 0 Å². The van der Waals surface area contributed by atoms with Crippen LogP contribution >= 0.6 is 11.6 Å². The Hall–Kier alpha value is -3.65. The molecule has 0 bridgehead atoms. The van der Waals surface area contributed by atoms with Crippen molar-refractivity contribution < 1.29 is 24.7 Å². The number of fused-ring (bicyclic) bond motifs is 1. The average Bonchev–Trinajstić information content (AvgIpc) is 2.68. The van der Waals surface area contributed by atoms with E-state index in [0.717, 1.165) is 10.8 Å². The normalized spacial score (nSPS) is 9.89. The third kappa shape index (κ3) is 5.42. The number of phenolic OH excluding ortho intramolecular Hbond substituents is 1. The van der Waals surface area contributed by atoms with Crippen LogP contribution in [0.1, 0.15) is 10.4 Å². The Morgan fingerprint density at radius 3 is 2.07 bits per heavy atom. The maximum Gasteiger partial charge on any atom is 0.269 e. The maximum atomic E-state index is 12.3. The zero-order valence-corrected chi connectivity index (χ0v) is 15.1. The van der Waals surface area contributed by atoms with Gasteiger partial charge >= 0.3 is 0 Å². The number of nitrogens with zero attached hydrogens (tertiary/aromatic N) is 1. The summed E-state index contributed by atoms with van der Waals surface area (Å²) < 4.78 is 0. The van der Waals surface area contributed by atoms with Crippen molar-refractivity contribution in [3.05, 3.63) is 76.3 Å². The van der Waals surface area contributed by atoms with Gasteiger partial charge in [-0.15, -0.1) is 11.6 Å². The van der Waals surface area contributed by atoms with Gasteiger partial charge < -0.3 is 20.3 Å². The van der Waals surface area contributed by atoms with Gasteiger partial charge in [0.15, 0.2) is 0 Å². The Kier molecular flexibility index (Phi) is 6.89. The van der Waals surface area contributed by atoms with Gasteiger partial charge in [0.25, 0.3) is 11.6 Å². The van der Waals surface area contributed by atoms with Crippen molar-refractivity contribution in [1.82, 2.24) is 0 Å². The van der Waals surface area contributed by atoms with Crippen molar-refractivity contribution in [3.63, 3.8) is 0 Å². The first-order chi connectivity index (χ1) is 13.3. The van der Waals surface area contributed by atoms with Gasteiger partial charge in [-0.05, 0) is 35.0 Å². The van der Waals surface area contributed by atoms with Crippen LogP contribution in [0.4, 0.5) is 11.4 Å². The molecule has 8 nitrogen and oxygen atoms in total. The number of nitrogens with one attached hydrogen (secondary N) is 1. The number of nitro benzene ring substituents is 1. The number of aromatic hydroxyl groups is 1. The summed E-state index contributed by atoms with van der Waals surface area (Å²) in [5, 5.41) is 34.0. The summed E-state index contributed by atoms with van der Waals surface area (Å²) in [6.07, 6.45) is 0. The van der Waals surface area contributed by atoms with Crippen LogP contribution in [-0.2, 0) is 4.79 Å². The molecule has 28 heavy (non-hydrogen) atoms. The van der Waals surface area contributed by atoms with E-state index in [9.17, 15) is 20.0 Å². The summed E-state index contributed by atoms with van der Waals surface area (Å²) in [4.78, 5) is 31.5. The number of rotatable bonds is 4. The number of phenols is 1. The van der Waals surface area contributed by atoms with Crippen LogP contribution in [0.15, 0.2) is 60.7 Å². The van der Waals surface area contributed by atoms with Gasteiger partial charge in [-0.1, -0.05) is 24.3 Å². The van der Waals surface area contributed by atoms with E-state index in [1.807, 2.05) is 24.3 Å². The Labute approximate surface area is 164 Å². The third-order valence-corrected chi connectivity index (χ3v) is 3.77. The molecular weight excluding hydrogens is 388 g/mol. The predicted molar refractivity (Wildman–Crippen MR) is 102 cm³/mol. The largest absolute Gasteiger partial charge is 0.549 e. The molecule has 3 aromatic rings. The number of carbonyl (C=O) groups excluding carboxylic acids is 2. The fraction of sp³-hybridized carbons (Fsp3) is 0.0526. The van der Waals surface area contributed by atoms with E-state index in [-0.39, 0.29) is 17.0 Å². The lowest BCUT2D eigenvalue weighted by Gasteiger charge is -2.08. The second-order valence-corrected chi connectivity index (χ2v) is 5.75. The van der Waals surface area contributed by atoms with Crippen LogP contribution < -0.4 is 10.4 Å². The standard InChI is InChI=1S/C17H12N2O4.C2H3ClO2/c20-16-10-12-4-2-1-3-11(12)9-15(16)17(21)18-13-5-7-14(8-6-13)19(22)23;3-1-2(4)5/h1-10,20H,(H,18,21);1H2,(H,4,5)/p-1. The van der Waals surface area contributed by atoms with Gasteiger partial charge in [-0.25, -0.2) is 0 Å². The molecule has 3 rings (SSSR count). The van der Waals surface area contributed by atoms with E-state index < -0.39 is 22.7 Å². The van der Waals surface area contributed by atoms with Gasteiger partial charge in [-0.2, -0.15) is 0 Å². The van der Waals surface area contributed by atoms with Crippen molar-refractivity contribution in [3.8, 4) is 5.75 Å². The lowest BCUT2D eigenvalue weighted by molar-refractivity contribution is -0.384. The van der Waals surface area contributed by atoms with E-state index in [2.05, 4.69) is 16.9 Å². The molecule has 0 aliphatic rings. The van der Waals surface area contributed by atoms with Gasteiger partial charge in [0.1, 0.15) is 5.75 Å². The van der Waals surface area contributed by atoms with Crippen LogP contribution in [0.2, 0.25) is 0 Å². The Morgan fingerprint density at radius 1 is 1.04 bits per heavy atom. The molecule has 0 unspecified atom stereocenters. The number of anilines is 1. The first-order valence-corrected chi connectivity index (χ1v) is 8.38.